The number of nitrogens with zero attached hydrogens (tertiary/aromatic N) is 2. The molecule has 0 aliphatic carbocycles. The molecule has 5 aromatic rings. The molecule has 0 aliphatic rings. The molecule has 2 heteroatoms. The van der Waals surface area contributed by atoms with Gasteiger partial charge >= 0.3 is 0 Å². The Morgan fingerprint density at radius 1 is 0.538 bits per heavy atom. The number of aromatic nitrogens is 2. The van der Waals surface area contributed by atoms with Crippen LogP contribution in [0.2, 0.25) is 0 Å². The Kier molecular flexibility index (Phi) is 10.9. The minimum Gasteiger partial charge on any atom is -0.299 e. The third kappa shape index (κ3) is 6.57. The molecule has 0 atom stereocenters. The van der Waals surface area contributed by atoms with Crippen LogP contribution < -0.4 is 0 Å². The van der Waals surface area contributed by atoms with E-state index in [-0.39, 0.29) is 0 Å². The van der Waals surface area contributed by atoms with E-state index in [4.69, 9.17) is 4.98 Å². The molecule has 0 fully saturated rings. The predicted molar refractivity (Wildman–Crippen MR) is 171 cm³/mol. The lowest BCUT2D eigenvalue weighted by Crippen LogP contribution is -2.09. The predicted octanol–water partition coefficient (Wildman–Crippen LogP) is 11.2. The van der Waals surface area contributed by atoms with Gasteiger partial charge in [0.1, 0.15) is 5.82 Å². The third-order valence-corrected chi connectivity index (χ3v) is 6.65. The highest BCUT2D eigenvalue weighted by Crippen LogP contribution is 2.40. The quantitative estimate of drug-likeness (QED) is 0.219. The Morgan fingerprint density at radius 3 is 1.46 bits per heavy atom. The zero-order valence-corrected chi connectivity index (χ0v) is 24.9. The second-order valence-electron chi connectivity index (χ2n) is 9.71. The van der Waals surface area contributed by atoms with Crippen molar-refractivity contribution in [2.45, 2.75) is 67.2 Å². The van der Waals surface area contributed by atoms with Gasteiger partial charge in [0, 0.05) is 18.0 Å². The average molecular weight is 517 g/mol. The van der Waals surface area contributed by atoms with Crippen molar-refractivity contribution in [3.05, 3.63) is 121 Å². The molecule has 2 nitrogen and oxygen atoms in total. The van der Waals surface area contributed by atoms with Crippen molar-refractivity contribution in [1.82, 2.24) is 9.55 Å². The number of imidazole rings is 1. The lowest BCUT2D eigenvalue weighted by Gasteiger charge is -2.24. The van der Waals surface area contributed by atoms with Gasteiger partial charge in [-0.05, 0) is 57.3 Å². The van der Waals surface area contributed by atoms with Gasteiger partial charge in [-0.25, -0.2) is 4.98 Å². The van der Waals surface area contributed by atoms with Crippen molar-refractivity contribution in [3.8, 4) is 39.3 Å². The number of hydrogen-bond acceptors (Lipinski definition) is 1. The van der Waals surface area contributed by atoms with Crippen LogP contribution in [-0.2, 0) is 0 Å². The van der Waals surface area contributed by atoms with Crippen LogP contribution in [0.25, 0.3) is 39.3 Å². The Labute approximate surface area is 236 Å². The summed E-state index contributed by atoms with van der Waals surface area (Å²) in [6, 6.07) is 34.7. The van der Waals surface area contributed by atoms with E-state index in [0.717, 1.165) is 11.4 Å². The Balaban J connectivity index is 0.00000100. The van der Waals surface area contributed by atoms with E-state index in [9.17, 15) is 0 Å². The van der Waals surface area contributed by atoms with Crippen molar-refractivity contribution < 1.29 is 0 Å². The van der Waals surface area contributed by atoms with E-state index in [1.165, 1.54) is 39.1 Å². The van der Waals surface area contributed by atoms with Crippen molar-refractivity contribution in [1.29, 1.82) is 0 Å². The second-order valence-corrected chi connectivity index (χ2v) is 9.71. The molecule has 202 valence electrons. The normalized spacial score (nSPS) is 10.5. The number of hydrogen-bond donors (Lipinski definition) is 0. The van der Waals surface area contributed by atoms with E-state index in [0.29, 0.717) is 11.8 Å². The van der Waals surface area contributed by atoms with Crippen molar-refractivity contribution in [2.24, 2.45) is 0 Å². The van der Waals surface area contributed by atoms with E-state index in [1.807, 2.05) is 33.9 Å². The van der Waals surface area contributed by atoms with Crippen LogP contribution in [0.4, 0.5) is 0 Å². The van der Waals surface area contributed by atoms with Gasteiger partial charge in [0.25, 0.3) is 0 Å². The van der Waals surface area contributed by atoms with Gasteiger partial charge < -0.3 is 0 Å². The van der Waals surface area contributed by atoms with Gasteiger partial charge in [-0.3, -0.25) is 4.57 Å². The average Bonchev–Trinajstić information content (AvgIpc) is 3.49. The molecule has 0 saturated carbocycles. The van der Waals surface area contributed by atoms with Crippen LogP contribution >= 0.6 is 0 Å². The van der Waals surface area contributed by atoms with Crippen molar-refractivity contribution >= 4 is 0 Å². The van der Waals surface area contributed by atoms with Crippen LogP contribution in [-0.4, -0.2) is 9.55 Å². The summed E-state index contributed by atoms with van der Waals surface area (Å²) >= 11 is 0. The molecule has 0 amide bonds. The Bertz CT molecular complexity index is 1400. The second kappa shape index (κ2) is 14.3. The number of benzene rings is 4. The standard InChI is InChI=1S/C33H32N2.2C2H6/c1-23(2)30-21-27(29-18-12-11-17-28(29)25-13-7-5-8-14-25)22-31(24(3)4)32(30)35-20-19-34-33(35)26-15-9-6-10-16-26;2*1-2/h5-24H,1-4H3;2*1-2H3. The molecule has 5 rings (SSSR count). The first-order valence-electron chi connectivity index (χ1n) is 14.5. The molecule has 1 heterocycles. The summed E-state index contributed by atoms with van der Waals surface area (Å²) in [6.45, 7) is 17.1. The summed E-state index contributed by atoms with van der Waals surface area (Å²) < 4.78 is 2.28. The summed E-state index contributed by atoms with van der Waals surface area (Å²) in [6.07, 6.45) is 4.02. The zero-order valence-electron chi connectivity index (χ0n) is 24.9. The lowest BCUT2D eigenvalue weighted by atomic mass is 9.86. The van der Waals surface area contributed by atoms with Gasteiger partial charge in [-0.15, -0.1) is 0 Å². The molecule has 0 unspecified atom stereocenters. The molecular formula is C37H44N2. The molecular weight excluding hydrogens is 472 g/mol. The minimum absolute atomic E-state index is 0.359. The molecule has 0 saturated heterocycles. The van der Waals surface area contributed by atoms with Gasteiger partial charge in [0.05, 0.1) is 5.69 Å². The first kappa shape index (κ1) is 29.6. The molecule has 0 N–H and O–H groups in total. The van der Waals surface area contributed by atoms with Crippen LogP contribution in [0.1, 0.15) is 78.4 Å². The smallest absolute Gasteiger partial charge is 0.144 e. The molecule has 39 heavy (non-hydrogen) atoms. The highest BCUT2D eigenvalue weighted by Gasteiger charge is 2.21. The molecule has 0 radical (unpaired) electrons. The fourth-order valence-electron chi connectivity index (χ4n) is 4.88. The van der Waals surface area contributed by atoms with E-state index in [1.54, 1.807) is 0 Å². The Morgan fingerprint density at radius 2 is 0.974 bits per heavy atom. The zero-order chi connectivity index (χ0) is 28.4. The summed E-state index contributed by atoms with van der Waals surface area (Å²) in [7, 11) is 0. The van der Waals surface area contributed by atoms with E-state index >= 15 is 0 Å². The van der Waals surface area contributed by atoms with Crippen LogP contribution in [0, 0.1) is 0 Å². The largest absolute Gasteiger partial charge is 0.299 e. The summed E-state index contributed by atoms with van der Waals surface area (Å²) in [5.74, 6) is 1.70. The maximum atomic E-state index is 4.76. The molecule has 4 aromatic carbocycles. The maximum absolute atomic E-state index is 4.76. The van der Waals surface area contributed by atoms with E-state index in [2.05, 4.69) is 136 Å². The van der Waals surface area contributed by atoms with Gasteiger partial charge in [0.2, 0.25) is 0 Å². The lowest BCUT2D eigenvalue weighted by molar-refractivity contribution is 0.807. The maximum Gasteiger partial charge on any atom is 0.144 e. The topological polar surface area (TPSA) is 17.8 Å². The van der Waals surface area contributed by atoms with E-state index < -0.39 is 0 Å². The van der Waals surface area contributed by atoms with Gasteiger partial charge in [-0.1, -0.05) is 140 Å². The highest BCUT2D eigenvalue weighted by molar-refractivity contribution is 5.85. The summed E-state index contributed by atoms with van der Waals surface area (Å²) in [4.78, 5) is 4.76. The monoisotopic (exact) mass is 516 g/mol. The minimum atomic E-state index is 0.359. The van der Waals surface area contributed by atoms with Gasteiger partial charge in [0.15, 0.2) is 0 Å². The van der Waals surface area contributed by atoms with Crippen molar-refractivity contribution in [2.75, 3.05) is 0 Å². The van der Waals surface area contributed by atoms with Crippen LogP contribution in [0.3, 0.4) is 0 Å². The van der Waals surface area contributed by atoms with Crippen LogP contribution in [0.15, 0.2) is 109 Å². The van der Waals surface area contributed by atoms with Crippen LogP contribution in [0.5, 0.6) is 0 Å². The fourth-order valence-corrected chi connectivity index (χ4v) is 4.88. The van der Waals surface area contributed by atoms with Crippen molar-refractivity contribution in [3.63, 3.8) is 0 Å². The SMILES string of the molecule is CC.CC.CC(C)c1cc(-c2ccccc2-c2ccccc2)cc(C(C)C)c1-n1ccnc1-c1ccccc1. The highest BCUT2D eigenvalue weighted by atomic mass is 15.1. The summed E-state index contributed by atoms with van der Waals surface area (Å²) in [5, 5.41) is 0. The fraction of sp³-hybridized carbons (Fsp3) is 0.270. The molecule has 1 aromatic heterocycles. The first-order valence-corrected chi connectivity index (χ1v) is 14.5. The summed E-state index contributed by atoms with van der Waals surface area (Å²) in [5.41, 5.74) is 10.1. The molecule has 0 aliphatic heterocycles. The third-order valence-electron chi connectivity index (χ3n) is 6.65. The number of rotatable bonds is 6. The molecule has 0 spiro atoms. The Hall–Kier alpha value is -3.91. The first-order chi connectivity index (χ1) is 19.0. The molecule has 0 bridgehead atoms. The van der Waals surface area contributed by atoms with Gasteiger partial charge in [-0.2, -0.15) is 0 Å².